The molecule has 1 amide bonds. The van der Waals surface area contributed by atoms with Crippen molar-refractivity contribution in [3.8, 4) is 5.75 Å². The highest BCUT2D eigenvalue weighted by Crippen LogP contribution is 2.29. The van der Waals surface area contributed by atoms with Gasteiger partial charge in [0.25, 0.3) is 5.91 Å². The second-order valence-corrected chi connectivity index (χ2v) is 5.58. The number of fused-ring (bicyclic) bond motifs is 1. The van der Waals surface area contributed by atoms with Crippen LogP contribution in [0.5, 0.6) is 5.75 Å². The van der Waals surface area contributed by atoms with E-state index in [1.165, 1.54) is 12.1 Å². The predicted octanol–water partition coefficient (Wildman–Crippen LogP) is 2.58. The van der Waals surface area contributed by atoms with Gasteiger partial charge in [-0.05, 0) is 36.2 Å². The van der Waals surface area contributed by atoms with E-state index in [0.29, 0.717) is 12.1 Å². The molecule has 0 spiro atoms. The number of carbonyl (C=O) groups is 1. The number of nitrogens with two attached hydrogens (primary N) is 1. The third-order valence-corrected chi connectivity index (χ3v) is 3.92. The Morgan fingerprint density at radius 1 is 1.29 bits per heavy atom. The summed E-state index contributed by atoms with van der Waals surface area (Å²) in [6, 6.07) is 12.1. The van der Waals surface area contributed by atoms with Crippen LogP contribution < -0.4 is 10.6 Å². The summed E-state index contributed by atoms with van der Waals surface area (Å²) in [5.74, 6) is -0.205. The van der Waals surface area contributed by atoms with Crippen molar-refractivity contribution in [2.24, 2.45) is 5.73 Å². The van der Waals surface area contributed by atoms with Crippen LogP contribution in [0.3, 0.4) is 0 Å². The Balaban J connectivity index is 1.99. The smallest absolute Gasteiger partial charge is 0.258 e. The highest BCUT2D eigenvalue weighted by Gasteiger charge is 2.27. The number of aromatic hydroxyl groups is 1. The van der Waals surface area contributed by atoms with Gasteiger partial charge >= 0.3 is 0 Å². The van der Waals surface area contributed by atoms with E-state index in [-0.39, 0.29) is 22.7 Å². The average molecular weight is 303 g/mol. The number of rotatable bonds is 1. The lowest BCUT2D eigenvalue weighted by Crippen LogP contribution is -2.46. The predicted molar refractivity (Wildman–Crippen MR) is 82.9 cm³/mol. The lowest BCUT2D eigenvalue weighted by molar-refractivity contribution is 0.0983. The fourth-order valence-corrected chi connectivity index (χ4v) is 2.80. The highest BCUT2D eigenvalue weighted by atomic mass is 35.5. The first-order valence-corrected chi connectivity index (χ1v) is 7.08. The van der Waals surface area contributed by atoms with Gasteiger partial charge in [-0.1, -0.05) is 29.8 Å². The molecule has 1 unspecified atom stereocenters. The number of phenolic OH excluding ortho intramolecular Hbond substituents is 1. The number of benzene rings is 2. The van der Waals surface area contributed by atoms with Crippen LogP contribution >= 0.6 is 11.6 Å². The molecule has 1 heterocycles. The topological polar surface area (TPSA) is 66.6 Å². The minimum atomic E-state index is -0.167. The van der Waals surface area contributed by atoms with Gasteiger partial charge in [0.05, 0.1) is 5.02 Å². The summed E-state index contributed by atoms with van der Waals surface area (Å²) in [5, 5.41) is 9.62. The summed E-state index contributed by atoms with van der Waals surface area (Å²) >= 11 is 5.88. The molecule has 3 N–H and O–H groups in total. The Bertz CT molecular complexity index is 702. The van der Waals surface area contributed by atoms with Gasteiger partial charge in [-0.15, -0.1) is 0 Å². The van der Waals surface area contributed by atoms with Crippen molar-refractivity contribution < 1.29 is 9.90 Å². The van der Waals surface area contributed by atoms with Crippen molar-refractivity contribution in [2.45, 2.75) is 12.5 Å². The summed E-state index contributed by atoms with van der Waals surface area (Å²) in [5.41, 5.74) is 8.43. The van der Waals surface area contributed by atoms with Gasteiger partial charge in [0.2, 0.25) is 0 Å². The number of carbonyl (C=O) groups excluding carboxylic acids is 1. The number of anilines is 1. The number of phenols is 1. The van der Waals surface area contributed by atoms with Crippen LogP contribution in [0.4, 0.5) is 5.69 Å². The molecule has 1 atom stereocenters. The van der Waals surface area contributed by atoms with E-state index in [1.807, 2.05) is 24.3 Å². The normalized spacial score (nSPS) is 17.4. The Morgan fingerprint density at radius 3 is 2.81 bits per heavy atom. The Labute approximate surface area is 127 Å². The minimum absolute atomic E-state index is 0.0380. The van der Waals surface area contributed by atoms with E-state index >= 15 is 0 Å². The Hall–Kier alpha value is -2.04. The quantitative estimate of drug-likeness (QED) is 0.851. The van der Waals surface area contributed by atoms with Crippen LogP contribution in [-0.4, -0.2) is 23.6 Å². The zero-order chi connectivity index (χ0) is 15.0. The molecule has 0 saturated carbocycles. The monoisotopic (exact) mass is 302 g/mol. The molecule has 2 aromatic carbocycles. The fraction of sp³-hybridized carbons (Fsp3) is 0.188. The number of para-hydroxylation sites is 1. The largest absolute Gasteiger partial charge is 0.506 e. The van der Waals surface area contributed by atoms with Crippen LogP contribution in [0, 0.1) is 0 Å². The van der Waals surface area contributed by atoms with Gasteiger partial charge in [-0.25, -0.2) is 0 Å². The molecule has 3 rings (SSSR count). The number of halogens is 1. The van der Waals surface area contributed by atoms with Gasteiger partial charge < -0.3 is 15.7 Å². The first-order chi connectivity index (χ1) is 10.1. The molecule has 1 aliphatic heterocycles. The molecule has 0 radical (unpaired) electrons. The summed E-state index contributed by atoms with van der Waals surface area (Å²) in [4.78, 5) is 14.4. The summed E-state index contributed by atoms with van der Waals surface area (Å²) in [7, 11) is 0. The van der Waals surface area contributed by atoms with E-state index in [4.69, 9.17) is 17.3 Å². The summed E-state index contributed by atoms with van der Waals surface area (Å²) < 4.78 is 0. The van der Waals surface area contributed by atoms with E-state index in [9.17, 15) is 9.90 Å². The highest BCUT2D eigenvalue weighted by molar-refractivity contribution is 6.32. The summed E-state index contributed by atoms with van der Waals surface area (Å²) in [6.07, 6.45) is 0.760. The zero-order valence-electron chi connectivity index (χ0n) is 11.3. The van der Waals surface area contributed by atoms with Gasteiger partial charge in [0.15, 0.2) is 0 Å². The van der Waals surface area contributed by atoms with Gasteiger partial charge in [0, 0.05) is 23.8 Å². The van der Waals surface area contributed by atoms with Crippen molar-refractivity contribution in [3.05, 3.63) is 58.6 Å². The fourth-order valence-electron chi connectivity index (χ4n) is 2.61. The maximum absolute atomic E-state index is 12.7. The molecule has 5 heteroatoms. The summed E-state index contributed by atoms with van der Waals surface area (Å²) in [6.45, 7) is 0.467. The second kappa shape index (κ2) is 5.39. The van der Waals surface area contributed by atoms with Crippen molar-refractivity contribution in [1.29, 1.82) is 0 Å². The van der Waals surface area contributed by atoms with Crippen LogP contribution in [0.1, 0.15) is 15.9 Å². The first-order valence-electron chi connectivity index (χ1n) is 6.70. The Morgan fingerprint density at radius 2 is 2.05 bits per heavy atom. The number of nitrogens with zero attached hydrogens (tertiary/aromatic N) is 1. The molecule has 4 nitrogen and oxygen atoms in total. The van der Waals surface area contributed by atoms with Crippen LogP contribution in [0.25, 0.3) is 0 Å². The van der Waals surface area contributed by atoms with Gasteiger partial charge in [-0.2, -0.15) is 0 Å². The molecule has 1 aliphatic rings. The molecule has 0 bridgehead atoms. The third kappa shape index (κ3) is 2.60. The van der Waals surface area contributed by atoms with Crippen molar-refractivity contribution in [3.63, 3.8) is 0 Å². The van der Waals surface area contributed by atoms with Crippen molar-refractivity contribution in [2.75, 3.05) is 11.4 Å². The lowest BCUT2D eigenvalue weighted by Gasteiger charge is -2.33. The number of hydrogen-bond acceptors (Lipinski definition) is 3. The van der Waals surface area contributed by atoms with Crippen LogP contribution in [-0.2, 0) is 6.42 Å². The maximum atomic E-state index is 12.7. The van der Waals surface area contributed by atoms with Crippen LogP contribution in [0.15, 0.2) is 42.5 Å². The van der Waals surface area contributed by atoms with Gasteiger partial charge in [-0.3, -0.25) is 4.79 Å². The first kappa shape index (κ1) is 13.9. The molecule has 0 aliphatic carbocycles. The lowest BCUT2D eigenvalue weighted by atomic mass is 9.97. The standard InChI is InChI=1S/C16H15ClN2O2/c17-13-8-11(5-6-15(13)20)16(21)19-9-12(18)7-10-3-1-2-4-14(10)19/h1-6,8,12,20H,7,9,18H2. The van der Waals surface area contributed by atoms with E-state index in [2.05, 4.69) is 0 Å². The number of hydrogen-bond donors (Lipinski definition) is 2. The van der Waals surface area contributed by atoms with E-state index in [0.717, 1.165) is 17.7 Å². The van der Waals surface area contributed by atoms with Crippen LogP contribution in [0.2, 0.25) is 5.02 Å². The second-order valence-electron chi connectivity index (χ2n) is 5.17. The molecule has 0 saturated heterocycles. The van der Waals surface area contributed by atoms with E-state index < -0.39 is 0 Å². The molecule has 2 aromatic rings. The Kier molecular flexibility index (Phi) is 3.57. The van der Waals surface area contributed by atoms with Gasteiger partial charge in [0.1, 0.15) is 5.75 Å². The van der Waals surface area contributed by atoms with E-state index in [1.54, 1.807) is 11.0 Å². The molecule has 21 heavy (non-hydrogen) atoms. The third-order valence-electron chi connectivity index (χ3n) is 3.62. The molecule has 0 fully saturated rings. The molecule has 108 valence electrons. The molecular weight excluding hydrogens is 288 g/mol. The molecule has 0 aromatic heterocycles. The molecular formula is C16H15ClN2O2. The SMILES string of the molecule is NC1Cc2ccccc2N(C(=O)c2ccc(O)c(Cl)c2)C1. The number of amides is 1. The zero-order valence-corrected chi connectivity index (χ0v) is 12.0. The maximum Gasteiger partial charge on any atom is 0.258 e. The van der Waals surface area contributed by atoms with Crippen molar-refractivity contribution in [1.82, 2.24) is 0 Å². The van der Waals surface area contributed by atoms with Crippen molar-refractivity contribution >= 4 is 23.2 Å². The minimum Gasteiger partial charge on any atom is -0.506 e. The average Bonchev–Trinajstić information content (AvgIpc) is 2.48.